The number of carbonyl (C=O) groups is 1. The van der Waals surface area contributed by atoms with Crippen LogP contribution >= 0.6 is 0 Å². The monoisotopic (exact) mass is 509 g/mol. The molecule has 2 heterocycles. The number of fused-ring (bicyclic) bond motifs is 1. The Labute approximate surface area is 222 Å². The molecule has 0 spiro atoms. The number of hydrogen-bond donors (Lipinski definition) is 1. The van der Waals surface area contributed by atoms with Gasteiger partial charge in [0.1, 0.15) is 5.82 Å². The van der Waals surface area contributed by atoms with Gasteiger partial charge in [-0.3, -0.25) is 9.69 Å². The van der Waals surface area contributed by atoms with Gasteiger partial charge in [-0.05, 0) is 61.9 Å². The summed E-state index contributed by atoms with van der Waals surface area (Å²) in [6.07, 6.45) is 7.37. The Hall–Kier alpha value is -2.44. The van der Waals surface area contributed by atoms with Crippen molar-refractivity contribution >= 4 is 17.3 Å². The Kier molecular flexibility index (Phi) is 9.60. The molecule has 0 atom stereocenters. The highest BCUT2D eigenvalue weighted by molar-refractivity contribution is 5.94. The summed E-state index contributed by atoms with van der Waals surface area (Å²) in [4.78, 5) is 19.7. The van der Waals surface area contributed by atoms with Gasteiger partial charge in [0.15, 0.2) is 0 Å². The van der Waals surface area contributed by atoms with Gasteiger partial charge in [-0.15, -0.1) is 0 Å². The van der Waals surface area contributed by atoms with Gasteiger partial charge in [0, 0.05) is 44.8 Å². The average Bonchev–Trinajstić information content (AvgIpc) is 2.86. The molecule has 2 aromatic rings. The number of aliphatic hydroxyl groups is 1. The van der Waals surface area contributed by atoms with Crippen molar-refractivity contribution < 1.29 is 14.3 Å². The zero-order chi connectivity index (χ0) is 26.3. The summed E-state index contributed by atoms with van der Waals surface area (Å²) >= 11 is 0. The van der Waals surface area contributed by atoms with Crippen LogP contribution in [-0.4, -0.2) is 54.2 Å². The maximum atomic E-state index is 14.3. The highest BCUT2D eigenvalue weighted by Crippen LogP contribution is 2.31. The molecule has 37 heavy (non-hydrogen) atoms. The molecule has 0 radical (unpaired) electrons. The molecule has 2 aliphatic rings. The number of β-amino-alcohol motifs (C(OH)–C–C–N with tert-alkyl or cyclic N) is 1. The first-order chi connectivity index (χ1) is 17.8. The number of carbonyl (C=O) groups excluding carboxylic acids is 1. The van der Waals surface area contributed by atoms with Gasteiger partial charge in [0.05, 0.1) is 11.3 Å². The van der Waals surface area contributed by atoms with E-state index in [1.165, 1.54) is 12.5 Å². The summed E-state index contributed by atoms with van der Waals surface area (Å²) in [5.74, 6) is 0.316. The van der Waals surface area contributed by atoms with E-state index < -0.39 is 5.60 Å². The highest BCUT2D eigenvalue weighted by atomic mass is 19.1. The van der Waals surface area contributed by atoms with Gasteiger partial charge >= 0.3 is 0 Å². The van der Waals surface area contributed by atoms with Crippen molar-refractivity contribution in [2.45, 2.75) is 77.4 Å². The maximum Gasteiger partial charge on any atom is 0.227 e. The predicted molar refractivity (Wildman–Crippen MR) is 149 cm³/mol. The summed E-state index contributed by atoms with van der Waals surface area (Å²) in [5, 5.41) is 11.6. The van der Waals surface area contributed by atoms with E-state index in [0.29, 0.717) is 57.0 Å². The van der Waals surface area contributed by atoms with Crippen LogP contribution in [0.25, 0.3) is 0 Å². The van der Waals surface area contributed by atoms with Crippen LogP contribution in [0, 0.1) is 11.7 Å². The van der Waals surface area contributed by atoms with Crippen molar-refractivity contribution in [3.8, 4) is 0 Å². The molecule has 1 saturated heterocycles. The minimum atomic E-state index is -0.805. The molecule has 0 unspecified atom stereocenters. The fourth-order valence-corrected chi connectivity index (χ4v) is 5.78. The number of para-hydroxylation sites is 2. The number of hydrogen-bond acceptors (Lipinski definition) is 4. The molecule has 1 fully saturated rings. The second kappa shape index (κ2) is 12.9. The van der Waals surface area contributed by atoms with Gasteiger partial charge in [0.25, 0.3) is 0 Å². The summed E-state index contributed by atoms with van der Waals surface area (Å²) < 4.78 is 14.3. The first-order valence-electron chi connectivity index (χ1n) is 14.2. The molecule has 0 saturated carbocycles. The van der Waals surface area contributed by atoms with Gasteiger partial charge in [-0.2, -0.15) is 0 Å². The first-order valence-corrected chi connectivity index (χ1v) is 14.2. The number of halogens is 1. The summed E-state index contributed by atoms with van der Waals surface area (Å²) in [5.41, 5.74) is 1.98. The molecule has 1 amide bonds. The van der Waals surface area contributed by atoms with Crippen molar-refractivity contribution in [1.82, 2.24) is 4.90 Å². The third kappa shape index (κ3) is 7.55. The van der Waals surface area contributed by atoms with Gasteiger partial charge in [-0.1, -0.05) is 63.4 Å². The standard InChI is InChI=1S/C31H44FN3O2/c1-25(2)22-30(36)35-19-11-5-3-4-10-18-33(23-26-12-6-8-14-28(26)35)24-31(37)16-20-34(21-17-31)29-15-9-7-13-27(29)32/h6-9,12-15,25,37H,3-5,10-11,16-24H2,1-2H3. The van der Waals surface area contributed by atoms with Gasteiger partial charge in [-0.25, -0.2) is 4.39 Å². The van der Waals surface area contributed by atoms with Crippen molar-refractivity contribution in [3.05, 3.63) is 59.9 Å². The summed E-state index contributed by atoms with van der Waals surface area (Å²) in [7, 11) is 0. The van der Waals surface area contributed by atoms with Crippen LogP contribution in [0.4, 0.5) is 15.8 Å². The zero-order valence-electron chi connectivity index (χ0n) is 22.7. The van der Waals surface area contributed by atoms with Crippen LogP contribution in [0.5, 0.6) is 0 Å². The number of rotatable bonds is 5. The lowest BCUT2D eigenvalue weighted by atomic mass is 9.90. The molecule has 2 aliphatic heterocycles. The maximum absolute atomic E-state index is 14.3. The Morgan fingerprint density at radius 1 is 0.892 bits per heavy atom. The molecule has 0 aromatic heterocycles. The molecule has 202 valence electrons. The minimum absolute atomic E-state index is 0.199. The molecule has 0 bridgehead atoms. The Bertz CT molecular complexity index is 1020. The van der Waals surface area contributed by atoms with E-state index in [1.54, 1.807) is 6.07 Å². The Morgan fingerprint density at radius 2 is 1.51 bits per heavy atom. The van der Waals surface area contributed by atoms with Crippen molar-refractivity contribution in [3.63, 3.8) is 0 Å². The van der Waals surface area contributed by atoms with E-state index in [1.807, 2.05) is 28.0 Å². The van der Waals surface area contributed by atoms with E-state index in [-0.39, 0.29) is 11.7 Å². The van der Waals surface area contributed by atoms with E-state index >= 15 is 0 Å². The van der Waals surface area contributed by atoms with E-state index in [4.69, 9.17) is 0 Å². The van der Waals surface area contributed by atoms with Gasteiger partial charge < -0.3 is 14.9 Å². The molecular weight excluding hydrogens is 465 g/mol. The lowest BCUT2D eigenvalue weighted by Crippen LogP contribution is -2.51. The van der Waals surface area contributed by atoms with E-state index in [0.717, 1.165) is 50.0 Å². The van der Waals surface area contributed by atoms with Gasteiger partial charge in [0.2, 0.25) is 5.91 Å². The molecule has 5 nitrogen and oxygen atoms in total. The largest absolute Gasteiger partial charge is 0.388 e. The fourth-order valence-electron chi connectivity index (χ4n) is 5.78. The molecule has 0 aliphatic carbocycles. The fraction of sp³-hybridized carbons (Fsp3) is 0.581. The van der Waals surface area contributed by atoms with Crippen molar-refractivity contribution in [2.24, 2.45) is 5.92 Å². The second-order valence-electron chi connectivity index (χ2n) is 11.4. The second-order valence-corrected chi connectivity index (χ2v) is 11.4. The van der Waals surface area contributed by atoms with Crippen LogP contribution in [0.2, 0.25) is 0 Å². The molecule has 1 N–H and O–H groups in total. The Morgan fingerprint density at radius 3 is 2.22 bits per heavy atom. The quantitative estimate of drug-likeness (QED) is 0.537. The number of nitrogens with zero attached hydrogens (tertiary/aromatic N) is 3. The third-order valence-electron chi connectivity index (χ3n) is 7.82. The predicted octanol–water partition coefficient (Wildman–Crippen LogP) is 6.00. The van der Waals surface area contributed by atoms with Crippen LogP contribution in [0.1, 0.15) is 70.8 Å². The number of piperidine rings is 1. The minimum Gasteiger partial charge on any atom is -0.388 e. The summed E-state index contributed by atoms with van der Waals surface area (Å²) in [6.45, 7) is 8.46. The molecule has 2 aromatic carbocycles. The summed E-state index contributed by atoms with van der Waals surface area (Å²) in [6, 6.07) is 15.2. The number of amides is 1. The van der Waals surface area contributed by atoms with Crippen LogP contribution in [-0.2, 0) is 11.3 Å². The van der Waals surface area contributed by atoms with Crippen molar-refractivity contribution in [1.29, 1.82) is 0 Å². The van der Waals surface area contributed by atoms with Crippen LogP contribution < -0.4 is 9.80 Å². The topological polar surface area (TPSA) is 47.0 Å². The lowest BCUT2D eigenvalue weighted by Gasteiger charge is -2.42. The first kappa shape index (κ1) is 27.6. The van der Waals surface area contributed by atoms with Crippen molar-refractivity contribution in [2.75, 3.05) is 42.5 Å². The Balaban J connectivity index is 1.50. The average molecular weight is 510 g/mol. The lowest BCUT2D eigenvalue weighted by molar-refractivity contribution is -0.119. The highest BCUT2D eigenvalue weighted by Gasteiger charge is 2.35. The normalized spacial score (nSPS) is 19.7. The smallest absolute Gasteiger partial charge is 0.227 e. The number of benzene rings is 2. The number of anilines is 2. The molecular formula is C31H44FN3O2. The third-order valence-corrected chi connectivity index (χ3v) is 7.82. The van der Waals surface area contributed by atoms with E-state index in [9.17, 15) is 14.3 Å². The SMILES string of the molecule is CC(C)CC(=O)N1CCCCCCCN(CC2(O)CCN(c3ccccc3F)CC2)Cc2ccccc21. The molecule has 4 rings (SSSR count). The van der Waals surface area contributed by atoms with Crippen LogP contribution in [0.15, 0.2) is 48.5 Å². The molecule has 6 heteroatoms. The van der Waals surface area contributed by atoms with E-state index in [2.05, 4.69) is 36.9 Å². The van der Waals surface area contributed by atoms with Crippen LogP contribution in [0.3, 0.4) is 0 Å². The zero-order valence-corrected chi connectivity index (χ0v) is 22.7.